The van der Waals surface area contributed by atoms with Gasteiger partial charge in [0, 0.05) is 5.39 Å². The minimum absolute atomic E-state index is 0.192. The molecule has 0 unspecified atom stereocenters. The molecule has 0 spiro atoms. The van der Waals surface area contributed by atoms with Crippen LogP contribution in [0.1, 0.15) is 30.8 Å². The van der Waals surface area contributed by atoms with Crippen molar-refractivity contribution in [2.75, 3.05) is 0 Å². The van der Waals surface area contributed by atoms with Gasteiger partial charge in [-0.1, -0.05) is 18.2 Å². The minimum atomic E-state index is -0.532. The van der Waals surface area contributed by atoms with Gasteiger partial charge in [-0.3, -0.25) is 9.59 Å². The summed E-state index contributed by atoms with van der Waals surface area (Å²) in [5.74, 6) is -0.704. The quantitative estimate of drug-likeness (QED) is 0.473. The number of carbonyl (C=O) groups is 2. The third kappa shape index (κ3) is 2.77. The fourth-order valence-corrected chi connectivity index (χ4v) is 1.64. The molecule has 2 rings (SSSR count). The van der Waals surface area contributed by atoms with E-state index in [2.05, 4.69) is 0 Å². The molecule has 0 aliphatic carbocycles. The number of Topliss-reactive ketones (excluding diaryl/α,β-unsaturated/α-hetero) is 1. The third-order valence-corrected chi connectivity index (χ3v) is 2.37. The van der Waals surface area contributed by atoms with Crippen molar-refractivity contribution in [1.29, 1.82) is 0 Å². The van der Waals surface area contributed by atoms with Crippen LogP contribution in [-0.2, 0) is 9.53 Å². The van der Waals surface area contributed by atoms with E-state index < -0.39 is 5.97 Å². The Balaban J connectivity index is 2.11. The number of hydrogen-bond acceptors (Lipinski definition) is 4. The second-order valence-corrected chi connectivity index (χ2v) is 4.29. The number of para-hydroxylation sites is 1. The zero-order chi connectivity index (χ0) is 13.1. The summed E-state index contributed by atoms with van der Waals surface area (Å²) in [5.41, 5.74) is 0.637. The summed E-state index contributed by atoms with van der Waals surface area (Å²) in [7, 11) is 0. The number of rotatable bonds is 4. The van der Waals surface area contributed by atoms with Gasteiger partial charge in [-0.25, -0.2) is 0 Å². The molecule has 1 heterocycles. The summed E-state index contributed by atoms with van der Waals surface area (Å²) in [4.78, 5) is 23.2. The van der Waals surface area contributed by atoms with Crippen molar-refractivity contribution in [2.24, 2.45) is 0 Å². The Morgan fingerprint density at radius 2 is 2.00 bits per heavy atom. The van der Waals surface area contributed by atoms with Gasteiger partial charge in [-0.05, 0) is 26.0 Å². The fraction of sp³-hybridized carbons (Fsp3) is 0.286. The van der Waals surface area contributed by atoms with Crippen LogP contribution in [0.15, 0.2) is 34.7 Å². The molecule has 4 heteroatoms. The Morgan fingerprint density at radius 3 is 2.67 bits per heavy atom. The van der Waals surface area contributed by atoms with Crippen LogP contribution >= 0.6 is 0 Å². The maximum Gasteiger partial charge on any atom is 0.314 e. The van der Waals surface area contributed by atoms with Crippen LogP contribution in [0, 0.1) is 0 Å². The average molecular weight is 246 g/mol. The molecule has 0 aliphatic rings. The SMILES string of the molecule is CC(C)OC(=O)CC(=O)c1cc2ccccc2o1. The molecule has 0 N–H and O–H groups in total. The lowest BCUT2D eigenvalue weighted by atomic mass is 10.2. The van der Waals surface area contributed by atoms with E-state index >= 15 is 0 Å². The first kappa shape index (κ1) is 12.4. The summed E-state index contributed by atoms with van der Waals surface area (Å²) < 4.78 is 10.3. The fourth-order valence-electron chi connectivity index (χ4n) is 1.64. The van der Waals surface area contributed by atoms with Gasteiger partial charge in [0.25, 0.3) is 0 Å². The van der Waals surface area contributed by atoms with Crippen molar-refractivity contribution in [1.82, 2.24) is 0 Å². The highest BCUT2D eigenvalue weighted by Gasteiger charge is 2.17. The van der Waals surface area contributed by atoms with E-state index in [1.165, 1.54) is 0 Å². The molecular weight excluding hydrogens is 232 g/mol. The molecule has 94 valence electrons. The Bertz CT molecular complexity index is 547. The Kier molecular flexibility index (Phi) is 3.46. The first-order chi connectivity index (χ1) is 8.56. The van der Waals surface area contributed by atoms with Gasteiger partial charge < -0.3 is 9.15 Å². The standard InChI is InChI=1S/C14H14O4/c1-9(2)17-14(16)8-11(15)13-7-10-5-3-4-6-12(10)18-13/h3-7,9H,8H2,1-2H3. The molecule has 0 atom stereocenters. The first-order valence-electron chi connectivity index (χ1n) is 5.77. The van der Waals surface area contributed by atoms with Crippen LogP contribution in [0.5, 0.6) is 0 Å². The smallest absolute Gasteiger partial charge is 0.314 e. The number of fused-ring (bicyclic) bond motifs is 1. The van der Waals surface area contributed by atoms with Crippen LogP contribution in [0.4, 0.5) is 0 Å². The molecule has 0 bridgehead atoms. The van der Waals surface area contributed by atoms with Gasteiger partial charge in [0.2, 0.25) is 5.78 Å². The van der Waals surface area contributed by atoms with Crippen molar-refractivity contribution in [3.8, 4) is 0 Å². The van der Waals surface area contributed by atoms with Crippen molar-refractivity contribution >= 4 is 22.7 Å². The highest BCUT2D eigenvalue weighted by atomic mass is 16.5. The van der Waals surface area contributed by atoms with Crippen LogP contribution in [0.25, 0.3) is 11.0 Å². The number of furan rings is 1. The van der Waals surface area contributed by atoms with Crippen molar-refractivity contribution in [2.45, 2.75) is 26.4 Å². The Morgan fingerprint density at radius 1 is 1.28 bits per heavy atom. The van der Waals surface area contributed by atoms with E-state index in [0.717, 1.165) is 5.39 Å². The van der Waals surface area contributed by atoms with Gasteiger partial charge in [0.15, 0.2) is 5.76 Å². The summed E-state index contributed by atoms with van der Waals surface area (Å²) in [6.07, 6.45) is -0.515. The Hall–Kier alpha value is -2.10. The molecule has 0 fully saturated rings. The molecule has 4 nitrogen and oxygen atoms in total. The van der Waals surface area contributed by atoms with Gasteiger partial charge in [0.05, 0.1) is 6.10 Å². The van der Waals surface area contributed by atoms with Crippen LogP contribution in [0.2, 0.25) is 0 Å². The van der Waals surface area contributed by atoms with E-state index in [1.54, 1.807) is 26.0 Å². The van der Waals surface area contributed by atoms with Crippen molar-refractivity contribution < 1.29 is 18.7 Å². The predicted molar refractivity (Wildman–Crippen MR) is 66.4 cm³/mol. The van der Waals surface area contributed by atoms with Gasteiger partial charge in [-0.15, -0.1) is 0 Å². The Labute approximate surface area is 105 Å². The van der Waals surface area contributed by atoms with E-state index in [9.17, 15) is 9.59 Å². The molecule has 18 heavy (non-hydrogen) atoms. The largest absolute Gasteiger partial charge is 0.463 e. The molecular formula is C14H14O4. The molecule has 2 aromatic rings. The highest BCUT2D eigenvalue weighted by Crippen LogP contribution is 2.19. The van der Waals surface area contributed by atoms with E-state index in [0.29, 0.717) is 5.58 Å². The number of benzene rings is 1. The monoisotopic (exact) mass is 246 g/mol. The van der Waals surface area contributed by atoms with Crippen LogP contribution in [0.3, 0.4) is 0 Å². The second kappa shape index (κ2) is 5.04. The molecule has 0 aliphatic heterocycles. The third-order valence-electron chi connectivity index (χ3n) is 2.37. The van der Waals surface area contributed by atoms with E-state index in [-0.39, 0.29) is 24.1 Å². The maximum atomic E-state index is 11.8. The lowest BCUT2D eigenvalue weighted by molar-refractivity contribution is -0.146. The molecule has 0 saturated carbocycles. The summed E-state index contributed by atoms with van der Waals surface area (Å²) in [5, 5.41) is 0.845. The van der Waals surface area contributed by atoms with Crippen molar-refractivity contribution in [3.63, 3.8) is 0 Å². The number of carbonyl (C=O) groups excluding carboxylic acids is 2. The highest BCUT2D eigenvalue weighted by molar-refractivity contribution is 6.06. The molecule has 0 saturated heterocycles. The average Bonchev–Trinajstić information content (AvgIpc) is 2.71. The number of ketones is 1. The van der Waals surface area contributed by atoms with Crippen LogP contribution < -0.4 is 0 Å². The van der Waals surface area contributed by atoms with Gasteiger partial charge in [0.1, 0.15) is 12.0 Å². The molecule has 1 aromatic carbocycles. The van der Waals surface area contributed by atoms with Gasteiger partial charge >= 0.3 is 5.97 Å². The molecule has 1 aromatic heterocycles. The number of ether oxygens (including phenoxy) is 1. The minimum Gasteiger partial charge on any atom is -0.463 e. The lowest BCUT2D eigenvalue weighted by Gasteiger charge is -2.05. The number of esters is 1. The zero-order valence-electron chi connectivity index (χ0n) is 10.3. The summed E-state index contributed by atoms with van der Waals surface area (Å²) in [6.45, 7) is 3.48. The van der Waals surface area contributed by atoms with E-state index in [4.69, 9.17) is 9.15 Å². The lowest BCUT2D eigenvalue weighted by Crippen LogP contribution is -2.15. The topological polar surface area (TPSA) is 56.5 Å². The maximum absolute atomic E-state index is 11.8. The number of hydrogen-bond donors (Lipinski definition) is 0. The van der Waals surface area contributed by atoms with E-state index in [1.807, 2.05) is 18.2 Å². The second-order valence-electron chi connectivity index (χ2n) is 4.29. The van der Waals surface area contributed by atoms with Crippen LogP contribution in [-0.4, -0.2) is 17.9 Å². The predicted octanol–water partition coefficient (Wildman–Crippen LogP) is 2.96. The van der Waals surface area contributed by atoms with Gasteiger partial charge in [-0.2, -0.15) is 0 Å². The van der Waals surface area contributed by atoms with Crippen molar-refractivity contribution in [3.05, 3.63) is 36.1 Å². The first-order valence-corrected chi connectivity index (χ1v) is 5.77. The molecule has 0 radical (unpaired) electrons. The summed E-state index contributed by atoms with van der Waals surface area (Å²) in [6, 6.07) is 8.95. The molecule has 0 amide bonds. The normalized spacial score (nSPS) is 10.8. The zero-order valence-corrected chi connectivity index (χ0v) is 10.3. The summed E-state index contributed by atoms with van der Waals surface area (Å²) >= 11 is 0.